The van der Waals surface area contributed by atoms with Gasteiger partial charge >= 0.3 is 0 Å². The molecule has 0 aliphatic carbocycles. The number of ether oxygens (including phenoxy) is 3. The molecule has 2 aliphatic heterocycles. The highest BCUT2D eigenvalue weighted by atomic mass is 16.7. The largest absolute Gasteiger partial charge is 0.396 e. The molecule has 36 heavy (non-hydrogen) atoms. The Morgan fingerprint density at radius 3 is 2.44 bits per heavy atom. The fourth-order valence-electron chi connectivity index (χ4n) is 4.71. The molecule has 0 bridgehead atoms. The number of hydrogen-bond donors (Lipinski definition) is 5. The van der Waals surface area contributed by atoms with E-state index in [-0.39, 0.29) is 30.3 Å². The molecule has 2 heterocycles. The maximum atomic E-state index is 12.4. The lowest BCUT2D eigenvalue weighted by atomic mass is 9.80. The number of nitrogens with one attached hydrogen (secondary N) is 1. The monoisotopic (exact) mass is 518 g/mol. The molecule has 4 atom stereocenters. The molecule has 210 valence electrons. The van der Waals surface area contributed by atoms with Gasteiger partial charge in [0.2, 0.25) is 11.8 Å². The maximum absolute atomic E-state index is 12.4. The van der Waals surface area contributed by atoms with Crippen molar-refractivity contribution in [3.63, 3.8) is 0 Å². The molecule has 0 radical (unpaired) electrons. The highest BCUT2D eigenvalue weighted by molar-refractivity contribution is 5.76. The van der Waals surface area contributed by atoms with Crippen LogP contribution in [0.1, 0.15) is 64.2 Å². The summed E-state index contributed by atoms with van der Waals surface area (Å²) in [5.74, 6) is 0.136. The first kappa shape index (κ1) is 30.9. The van der Waals surface area contributed by atoms with Gasteiger partial charge in [-0.25, -0.2) is 0 Å². The van der Waals surface area contributed by atoms with Crippen molar-refractivity contribution in [2.45, 2.75) is 88.8 Å². The summed E-state index contributed by atoms with van der Waals surface area (Å²) in [7, 11) is 1.64. The Hall–Kier alpha value is -1.34. The summed E-state index contributed by atoms with van der Waals surface area (Å²) in [6.07, 6.45) is 2.67. The first-order valence-corrected chi connectivity index (χ1v) is 13.2. The fraction of sp³-hybridized carbons (Fsp3) is 0.920. The lowest BCUT2D eigenvalue weighted by Gasteiger charge is -2.40. The third kappa shape index (κ3) is 10.2. The van der Waals surface area contributed by atoms with Gasteiger partial charge in [0.1, 0.15) is 12.2 Å². The van der Waals surface area contributed by atoms with E-state index in [0.717, 1.165) is 32.1 Å². The molecule has 4 unspecified atom stereocenters. The fourth-order valence-corrected chi connectivity index (χ4v) is 4.71. The van der Waals surface area contributed by atoms with Gasteiger partial charge in [-0.1, -0.05) is 6.42 Å². The molecule has 0 aromatic carbocycles. The molecule has 2 fully saturated rings. The normalized spacial score (nSPS) is 26.1. The number of carbonyl (C=O) groups excluding carboxylic acids is 2. The lowest BCUT2D eigenvalue weighted by molar-refractivity contribution is -0.256. The molecule has 2 amide bonds. The summed E-state index contributed by atoms with van der Waals surface area (Å²) < 4.78 is 16.2. The quantitative estimate of drug-likeness (QED) is 0.176. The van der Waals surface area contributed by atoms with Crippen LogP contribution in [0, 0.1) is 5.41 Å². The molecule has 11 heteroatoms. The second-order valence-corrected chi connectivity index (χ2v) is 10.0. The molecule has 0 aromatic rings. The number of amides is 2. The van der Waals surface area contributed by atoms with Gasteiger partial charge in [0.15, 0.2) is 6.29 Å². The topological polar surface area (TPSA) is 158 Å². The SMILES string of the molecule is COCC1(CO)CCN(C(=O)CCCCCNC(=O)CCCCOC2CC(O)C(O)C(CO)O2)CC1. The number of methoxy groups -OCH3 is 1. The van der Waals surface area contributed by atoms with Crippen molar-refractivity contribution in [1.82, 2.24) is 10.2 Å². The maximum Gasteiger partial charge on any atom is 0.222 e. The summed E-state index contributed by atoms with van der Waals surface area (Å²) in [5, 5.41) is 41.2. The summed E-state index contributed by atoms with van der Waals surface area (Å²) in [6, 6.07) is 0. The number of carbonyl (C=O) groups is 2. The van der Waals surface area contributed by atoms with E-state index in [2.05, 4.69) is 5.32 Å². The highest BCUT2D eigenvalue weighted by Crippen LogP contribution is 2.31. The van der Waals surface area contributed by atoms with E-state index in [1.54, 1.807) is 7.11 Å². The number of aliphatic hydroxyl groups excluding tert-OH is 4. The predicted molar refractivity (Wildman–Crippen MR) is 131 cm³/mol. The van der Waals surface area contributed by atoms with Crippen LogP contribution < -0.4 is 5.32 Å². The number of likely N-dealkylation sites (tertiary alicyclic amines) is 1. The zero-order valence-electron chi connectivity index (χ0n) is 21.6. The molecular formula is C25H46N2O9. The molecule has 0 spiro atoms. The minimum absolute atomic E-state index is 0.0179. The van der Waals surface area contributed by atoms with E-state index >= 15 is 0 Å². The molecule has 2 aliphatic rings. The van der Waals surface area contributed by atoms with Crippen molar-refractivity contribution >= 4 is 11.8 Å². The van der Waals surface area contributed by atoms with E-state index < -0.39 is 31.2 Å². The number of hydrogen-bond acceptors (Lipinski definition) is 9. The Kier molecular flexibility index (Phi) is 14.1. The summed E-state index contributed by atoms with van der Waals surface area (Å²) in [5.41, 5.74) is -0.224. The molecule has 2 rings (SSSR count). The van der Waals surface area contributed by atoms with Gasteiger partial charge in [0.05, 0.1) is 25.9 Å². The van der Waals surface area contributed by atoms with Crippen LogP contribution in [0.25, 0.3) is 0 Å². The zero-order valence-corrected chi connectivity index (χ0v) is 21.6. The van der Waals surface area contributed by atoms with E-state index in [1.165, 1.54) is 0 Å². The molecule has 5 N–H and O–H groups in total. The minimum atomic E-state index is -1.12. The Labute approximate surface area is 214 Å². The number of unbranched alkanes of at least 4 members (excludes halogenated alkanes) is 3. The number of piperidine rings is 1. The average molecular weight is 519 g/mol. The minimum Gasteiger partial charge on any atom is -0.396 e. The second-order valence-electron chi connectivity index (χ2n) is 10.0. The van der Waals surface area contributed by atoms with Gasteiger partial charge in [0, 0.05) is 58.0 Å². The van der Waals surface area contributed by atoms with Gasteiger partial charge in [-0.15, -0.1) is 0 Å². The molecule has 11 nitrogen and oxygen atoms in total. The van der Waals surface area contributed by atoms with Crippen molar-refractivity contribution in [3.05, 3.63) is 0 Å². The van der Waals surface area contributed by atoms with Crippen molar-refractivity contribution in [1.29, 1.82) is 0 Å². The van der Waals surface area contributed by atoms with Crippen LogP contribution in [0.3, 0.4) is 0 Å². The summed E-state index contributed by atoms with van der Waals surface area (Å²) in [4.78, 5) is 26.3. The average Bonchev–Trinajstić information content (AvgIpc) is 2.88. The predicted octanol–water partition coefficient (Wildman–Crippen LogP) is -0.0735. The number of aliphatic hydroxyl groups is 4. The standard InChI is InChI=1S/C25H46N2O9/c1-34-18-25(17-29)9-12-27(13-10-25)22(32)8-3-2-5-11-26-21(31)7-4-6-14-35-23-15-19(30)24(33)20(16-28)36-23/h19-20,23-24,28-30,33H,2-18H2,1H3,(H,26,31). The Balaban J connectivity index is 1.44. The van der Waals surface area contributed by atoms with E-state index in [9.17, 15) is 30.0 Å². The van der Waals surface area contributed by atoms with Gasteiger partial charge in [0.25, 0.3) is 0 Å². The van der Waals surface area contributed by atoms with Crippen LogP contribution in [0.5, 0.6) is 0 Å². The lowest BCUT2D eigenvalue weighted by Crippen LogP contribution is -2.50. The van der Waals surface area contributed by atoms with Crippen LogP contribution in [0.2, 0.25) is 0 Å². The van der Waals surface area contributed by atoms with Crippen molar-refractivity contribution < 1.29 is 44.2 Å². The van der Waals surface area contributed by atoms with Crippen molar-refractivity contribution in [2.24, 2.45) is 5.41 Å². The second kappa shape index (κ2) is 16.5. The van der Waals surface area contributed by atoms with Gasteiger partial charge < -0.3 is 44.9 Å². The summed E-state index contributed by atoms with van der Waals surface area (Å²) in [6.45, 7) is 2.47. The first-order valence-electron chi connectivity index (χ1n) is 13.2. The van der Waals surface area contributed by atoms with Crippen molar-refractivity contribution in [2.75, 3.05) is 53.2 Å². The van der Waals surface area contributed by atoms with E-state index in [4.69, 9.17) is 14.2 Å². The van der Waals surface area contributed by atoms with Crippen LogP contribution >= 0.6 is 0 Å². The summed E-state index contributed by atoms with van der Waals surface area (Å²) >= 11 is 0. The first-order chi connectivity index (χ1) is 17.3. The van der Waals surface area contributed by atoms with E-state index in [0.29, 0.717) is 58.5 Å². The smallest absolute Gasteiger partial charge is 0.222 e. The van der Waals surface area contributed by atoms with Crippen molar-refractivity contribution in [3.8, 4) is 0 Å². The molecular weight excluding hydrogens is 472 g/mol. The van der Waals surface area contributed by atoms with Crippen LogP contribution in [0.15, 0.2) is 0 Å². The van der Waals surface area contributed by atoms with Gasteiger partial charge in [-0.05, 0) is 38.5 Å². The Morgan fingerprint density at radius 1 is 1.06 bits per heavy atom. The highest BCUT2D eigenvalue weighted by Gasteiger charge is 2.37. The van der Waals surface area contributed by atoms with Gasteiger partial charge in [-0.3, -0.25) is 9.59 Å². The molecule has 0 aromatic heterocycles. The third-order valence-corrected chi connectivity index (χ3v) is 7.17. The Bertz CT molecular complexity index is 643. The number of nitrogens with zero attached hydrogens (tertiary/aromatic N) is 1. The van der Waals surface area contributed by atoms with E-state index in [1.807, 2.05) is 4.90 Å². The third-order valence-electron chi connectivity index (χ3n) is 7.17. The Morgan fingerprint density at radius 2 is 1.78 bits per heavy atom. The zero-order chi connectivity index (χ0) is 26.4. The molecule has 2 saturated heterocycles. The number of rotatable bonds is 16. The van der Waals surface area contributed by atoms with Crippen LogP contribution in [-0.2, 0) is 23.8 Å². The van der Waals surface area contributed by atoms with Crippen LogP contribution in [-0.4, -0.2) is 115 Å². The van der Waals surface area contributed by atoms with Crippen LogP contribution in [0.4, 0.5) is 0 Å². The molecule has 0 saturated carbocycles. The van der Waals surface area contributed by atoms with Gasteiger partial charge in [-0.2, -0.15) is 0 Å².